The Hall–Kier alpha value is -0.800. The summed E-state index contributed by atoms with van der Waals surface area (Å²) in [6.45, 7) is 1.89. The molecule has 16 heavy (non-hydrogen) atoms. The molecule has 1 unspecified atom stereocenters. The van der Waals surface area contributed by atoms with Crippen LogP contribution in [0.5, 0.6) is 0 Å². The summed E-state index contributed by atoms with van der Waals surface area (Å²) in [4.78, 5) is 0. The van der Waals surface area contributed by atoms with Gasteiger partial charge in [-0.25, -0.2) is 0 Å². The maximum Gasteiger partial charge on any atom is 0.0494 e. The highest BCUT2D eigenvalue weighted by atomic mass is 79.9. The topological polar surface area (TPSA) is 30.9 Å². The summed E-state index contributed by atoms with van der Waals surface area (Å²) >= 11 is 3.62. The minimum Gasteiger partial charge on any atom is -0.344 e. The standard InChI is InChI=1S/C13H15BrN2/c14-11-4-1-5-12-10(11)7-13-9(8-15)3-2-6-16(12)13/h1,4-5,7,9H,2-3,6,8,15H2. The fourth-order valence-electron chi connectivity index (χ4n) is 2.74. The monoisotopic (exact) mass is 278 g/mol. The van der Waals surface area contributed by atoms with Crippen molar-refractivity contribution in [2.45, 2.75) is 25.3 Å². The van der Waals surface area contributed by atoms with E-state index in [1.165, 1.54) is 33.9 Å². The molecule has 2 nitrogen and oxygen atoms in total. The van der Waals surface area contributed by atoms with E-state index >= 15 is 0 Å². The van der Waals surface area contributed by atoms with Crippen molar-refractivity contribution in [3.63, 3.8) is 0 Å². The number of rotatable bonds is 1. The second-order valence-corrected chi connectivity index (χ2v) is 5.32. The quantitative estimate of drug-likeness (QED) is 0.853. The smallest absolute Gasteiger partial charge is 0.0494 e. The van der Waals surface area contributed by atoms with Gasteiger partial charge < -0.3 is 10.3 Å². The Morgan fingerprint density at radius 3 is 3.12 bits per heavy atom. The maximum atomic E-state index is 5.85. The van der Waals surface area contributed by atoms with Gasteiger partial charge in [0.2, 0.25) is 0 Å². The van der Waals surface area contributed by atoms with E-state index in [1.807, 2.05) is 0 Å². The van der Waals surface area contributed by atoms with Crippen molar-refractivity contribution >= 4 is 26.8 Å². The molecule has 0 fully saturated rings. The average Bonchev–Trinajstić information content (AvgIpc) is 2.69. The highest BCUT2D eigenvalue weighted by molar-refractivity contribution is 9.10. The number of hydrogen-bond acceptors (Lipinski definition) is 1. The van der Waals surface area contributed by atoms with Crippen LogP contribution in [-0.2, 0) is 6.54 Å². The Morgan fingerprint density at radius 1 is 1.44 bits per heavy atom. The SMILES string of the molecule is NCC1CCCn2c1cc1c(Br)cccc12. The lowest BCUT2D eigenvalue weighted by atomic mass is 9.96. The van der Waals surface area contributed by atoms with Gasteiger partial charge in [-0.05, 0) is 31.0 Å². The van der Waals surface area contributed by atoms with Crippen molar-refractivity contribution in [1.29, 1.82) is 0 Å². The summed E-state index contributed by atoms with van der Waals surface area (Å²) in [5.41, 5.74) is 8.60. The molecule has 1 atom stereocenters. The molecule has 1 aliphatic rings. The second kappa shape index (κ2) is 3.90. The molecule has 2 N–H and O–H groups in total. The number of nitrogens with two attached hydrogens (primary N) is 1. The van der Waals surface area contributed by atoms with E-state index < -0.39 is 0 Å². The number of aryl methyl sites for hydroxylation is 1. The zero-order chi connectivity index (χ0) is 11.1. The Bertz CT molecular complexity index is 530. The lowest BCUT2D eigenvalue weighted by Gasteiger charge is -2.24. The third-order valence-corrected chi connectivity index (χ3v) is 4.25. The van der Waals surface area contributed by atoms with Crippen molar-refractivity contribution in [3.8, 4) is 0 Å². The van der Waals surface area contributed by atoms with Gasteiger partial charge in [-0.1, -0.05) is 22.0 Å². The summed E-state index contributed by atoms with van der Waals surface area (Å²) < 4.78 is 3.61. The Labute approximate surface area is 104 Å². The molecule has 0 spiro atoms. The molecule has 2 aromatic rings. The molecule has 1 aromatic carbocycles. The molecular formula is C13H15BrN2. The van der Waals surface area contributed by atoms with Crippen molar-refractivity contribution in [2.75, 3.05) is 6.54 Å². The van der Waals surface area contributed by atoms with E-state index in [-0.39, 0.29) is 0 Å². The highest BCUT2D eigenvalue weighted by Gasteiger charge is 2.21. The molecule has 0 amide bonds. The van der Waals surface area contributed by atoms with Gasteiger partial charge in [-0.3, -0.25) is 0 Å². The van der Waals surface area contributed by atoms with Crippen LogP contribution in [0.3, 0.4) is 0 Å². The van der Waals surface area contributed by atoms with E-state index in [2.05, 4.69) is 44.8 Å². The van der Waals surface area contributed by atoms with Crippen LogP contribution < -0.4 is 5.73 Å². The molecule has 1 aliphatic heterocycles. The van der Waals surface area contributed by atoms with Gasteiger partial charge in [-0.15, -0.1) is 0 Å². The summed E-state index contributed by atoms with van der Waals surface area (Å²) in [5.74, 6) is 0.535. The first kappa shape index (κ1) is 10.4. The van der Waals surface area contributed by atoms with Crippen LogP contribution in [0.15, 0.2) is 28.7 Å². The molecule has 84 valence electrons. The first-order chi connectivity index (χ1) is 7.81. The van der Waals surface area contributed by atoms with Gasteiger partial charge in [0.05, 0.1) is 0 Å². The van der Waals surface area contributed by atoms with Gasteiger partial charge in [0.25, 0.3) is 0 Å². The molecule has 0 bridgehead atoms. The van der Waals surface area contributed by atoms with Crippen molar-refractivity contribution in [2.24, 2.45) is 5.73 Å². The number of nitrogens with zero attached hydrogens (tertiary/aromatic N) is 1. The summed E-state index contributed by atoms with van der Waals surface area (Å²) in [6.07, 6.45) is 2.47. The maximum absolute atomic E-state index is 5.85. The lowest BCUT2D eigenvalue weighted by molar-refractivity contribution is 0.467. The van der Waals surface area contributed by atoms with Gasteiger partial charge in [0.15, 0.2) is 0 Å². The van der Waals surface area contributed by atoms with E-state index in [0.717, 1.165) is 13.1 Å². The van der Waals surface area contributed by atoms with Gasteiger partial charge in [-0.2, -0.15) is 0 Å². The highest BCUT2D eigenvalue weighted by Crippen LogP contribution is 2.35. The normalized spacial score (nSPS) is 20.0. The Balaban J connectivity index is 2.28. The van der Waals surface area contributed by atoms with E-state index in [9.17, 15) is 0 Å². The molecule has 1 aromatic heterocycles. The molecule has 3 heteroatoms. The van der Waals surface area contributed by atoms with Crippen LogP contribution in [0.4, 0.5) is 0 Å². The van der Waals surface area contributed by atoms with Gasteiger partial charge in [0.1, 0.15) is 0 Å². The molecule has 0 aliphatic carbocycles. The summed E-state index contributed by atoms with van der Waals surface area (Å²) in [6, 6.07) is 8.70. The average molecular weight is 279 g/mol. The van der Waals surface area contributed by atoms with Crippen LogP contribution >= 0.6 is 15.9 Å². The zero-order valence-corrected chi connectivity index (χ0v) is 10.7. The third-order valence-electron chi connectivity index (χ3n) is 3.56. The van der Waals surface area contributed by atoms with Crippen LogP contribution in [0.1, 0.15) is 24.5 Å². The molecule has 2 heterocycles. The van der Waals surface area contributed by atoms with E-state index in [1.54, 1.807) is 0 Å². The Kier molecular flexibility index (Phi) is 2.52. The molecule has 0 saturated carbocycles. The summed E-state index contributed by atoms with van der Waals surface area (Å²) in [7, 11) is 0. The minimum atomic E-state index is 0.535. The van der Waals surface area contributed by atoms with Crippen molar-refractivity contribution in [1.82, 2.24) is 4.57 Å². The predicted molar refractivity (Wildman–Crippen MR) is 70.7 cm³/mol. The number of aromatic nitrogens is 1. The van der Waals surface area contributed by atoms with Crippen LogP contribution in [0.25, 0.3) is 10.9 Å². The third kappa shape index (κ3) is 1.42. The Morgan fingerprint density at radius 2 is 2.31 bits per heavy atom. The number of fused-ring (bicyclic) bond motifs is 3. The van der Waals surface area contributed by atoms with Crippen molar-refractivity contribution < 1.29 is 0 Å². The predicted octanol–water partition coefficient (Wildman–Crippen LogP) is 3.24. The number of benzene rings is 1. The zero-order valence-electron chi connectivity index (χ0n) is 9.12. The van der Waals surface area contributed by atoms with Gasteiger partial charge in [0, 0.05) is 40.1 Å². The molecule has 3 rings (SSSR count). The van der Waals surface area contributed by atoms with E-state index in [4.69, 9.17) is 5.73 Å². The fraction of sp³-hybridized carbons (Fsp3) is 0.385. The van der Waals surface area contributed by atoms with Gasteiger partial charge >= 0.3 is 0 Å². The second-order valence-electron chi connectivity index (χ2n) is 4.47. The van der Waals surface area contributed by atoms with Crippen LogP contribution in [0.2, 0.25) is 0 Å². The van der Waals surface area contributed by atoms with Crippen LogP contribution in [0, 0.1) is 0 Å². The molecule has 0 radical (unpaired) electrons. The lowest BCUT2D eigenvalue weighted by Crippen LogP contribution is -2.21. The summed E-state index contributed by atoms with van der Waals surface area (Å²) in [5, 5.41) is 1.32. The largest absolute Gasteiger partial charge is 0.344 e. The first-order valence-electron chi connectivity index (χ1n) is 5.79. The van der Waals surface area contributed by atoms with Crippen LogP contribution in [-0.4, -0.2) is 11.1 Å². The van der Waals surface area contributed by atoms with E-state index in [0.29, 0.717) is 5.92 Å². The first-order valence-corrected chi connectivity index (χ1v) is 6.58. The van der Waals surface area contributed by atoms with Crippen molar-refractivity contribution in [3.05, 3.63) is 34.4 Å². The molecule has 0 saturated heterocycles. The molecular weight excluding hydrogens is 264 g/mol. The minimum absolute atomic E-state index is 0.535. The fourth-order valence-corrected chi connectivity index (χ4v) is 3.21. The number of halogens is 1. The number of hydrogen-bond donors (Lipinski definition) is 1.